The molecular formula is C19H17N7. The van der Waals surface area contributed by atoms with Crippen LogP contribution in [-0.2, 0) is 0 Å². The molecule has 0 bridgehead atoms. The van der Waals surface area contributed by atoms with E-state index in [1.807, 2.05) is 30.9 Å². The summed E-state index contributed by atoms with van der Waals surface area (Å²) >= 11 is 0. The Morgan fingerprint density at radius 1 is 1.15 bits per heavy atom. The molecular weight excluding hydrogens is 326 g/mol. The molecule has 26 heavy (non-hydrogen) atoms. The van der Waals surface area contributed by atoms with Gasteiger partial charge in [-0.25, -0.2) is 15.0 Å². The van der Waals surface area contributed by atoms with Gasteiger partial charge >= 0.3 is 0 Å². The summed E-state index contributed by atoms with van der Waals surface area (Å²) < 4.78 is 2.30. The maximum Gasteiger partial charge on any atom is 0.142 e. The van der Waals surface area contributed by atoms with Gasteiger partial charge in [0.1, 0.15) is 28.7 Å². The van der Waals surface area contributed by atoms with Crippen LogP contribution >= 0.6 is 0 Å². The van der Waals surface area contributed by atoms with Gasteiger partial charge in [0.2, 0.25) is 0 Å². The van der Waals surface area contributed by atoms with Crippen molar-refractivity contribution in [2.24, 2.45) is 0 Å². The Kier molecular flexibility index (Phi) is 3.35. The third kappa shape index (κ3) is 2.30. The van der Waals surface area contributed by atoms with Crippen molar-refractivity contribution in [3.8, 4) is 6.07 Å². The smallest absolute Gasteiger partial charge is 0.142 e. The molecule has 1 saturated heterocycles. The van der Waals surface area contributed by atoms with Crippen molar-refractivity contribution in [1.82, 2.24) is 24.5 Å². The topological polar surface area (TPSA) is 86.4 Å². The first-order valence-electron chi connectivity index (χ1n) is 8.74. The number of anilines is 1. The summed E-state index contributed by atoms with van der Waals surface area (Å²) in [7, 11) is 0. The number of piperidine rings is 1. The Morgan fingerprint density at radius 2 is 2.04 bits per heavy atom. The monoisotopic (exact) mass is 343 g/mol. The van der Waals surface area contributed by atoms with Crippen molar-refractivity contribution in [3.05, 3.63) is 48.7 Å². The number of nitrogens with zero attached hydrogens (tertiary/aromatic N) is 6. The van der Waals surface area contributed by atoms with Crippen LogP contribution < -0.4 is 4.90 Å². The van der Waals surface area contributed by atoms with E-state index in [0.717, 1.165) is 53.8 Å². The molecule has 0 atom stereocenters. The van der Waals surface area contributed by atoms with Crippen molar-refractivity contribution < 1.29 is 0 Å². The van der Waals surface area contributed by atoms with Gasteiger partial charge in [0.25, 0.3) is 0 Å². The van der Waals surface area contributed by atoms with E-state index in [1.54, 1.807) is 6.07 Å². The molecule has 0 spiro atoms. The molecule has 5 rings (SSSR count). The number of pyridine rings is 2. The van der Waals surface area contributed by atoms with E-state index in [0.29, 0.717) is 11.7 Å². The van der Waals surface area contributed by atoms with E-state index in [1.165, 1.54) is 0 Å². The zero-order valence-corrected chi connectivity index (χ0v) is 14.1. The van der Waals surface area contributed by atoms with Gasteiger partial charge in [-0.05, 0) is 31.0 Å². The third-order valence-corrected chi connectivity index (χ3v) is 5.15. The van der Waals surface area contributed by atoms with Crippen LogP contribution in [0, 0.1) is 11.3 Å². The van der Waals surface area contributed by atoms with Crippen LogP contribution in [0.5, 0.6) is 0 Å². The number of fused-ring (bicyclic) bond motifs is 3. The summed E-state index contributed by atoms with van der Waals surface area (Å²) in [4.78, 5) is 18.8. The molecule has 5 heterocycles. The summed E-state index contributed by atoms with van der Waals surface area (Å²) in [6, 6.07) is 10.2. The van der Waals surface area contributed by atoms with E-state index < -0.39 is 0 Å². The summed E-state index contributed by atoms with van der Waals surface area (Å²) in [6.07, 6.45) is 7.71. The maximum atomic E-state index is 9.05. The number of hydrogen-bond acceptors (Lipinski definition) is 5. The van der Waals surface area contributed by atoms with Crippen molar-refractivity contribution in [2.45, 2.75) is 18.9 Å². The predicted molar refractivity (Wildman–Crippen MR) is 98.8 cm³/mol. The molecule has 1 aliphatic heterocycles. The van der Waals surface area contributed by atoms with Gasteiger partial charge in [-0.15, -0.1) is 0 Å². The van der Waals surface area contributed by atoms with Gasteiger partial charge in [-0.3, -0.25) is 0 Å². The lowest BCUT2D eigenvalue weighted by molar-refractivity contribution is 0.403. The van der Waals surface area contributed by atoms with E-state index in [4.69, 9.17) is 5.26 Å². The lowest BCUT2D eigenvalue weighted by atomic mass is 10.0. The average molecular weight is 343 g/mol. The molecule has 128 valence electrons. The van der Waals surface area contributed by atoms with Crippen molar-refractivity contribution in [1.29, 1.82) is 5.26 Å². The van der Waals surface area contributed by atoms with Crippen LogP contribution in [0.1, 0.15) is 24.6 Å². The molecule has 1 aliphatic rings. The van der Waals surface area contributed by atoms with E-state index in [9.17, 15) is 0 Å². The van der Waals surface area contributed by atoms with Gasteiger partial charge in [0, 0.05) is 30.7 Å². The van der Waals surface area contributed by atoms with Crippen LogP contribution in [0.3, 0.4) is 0 Å². The Bertz CT molecular complexity index is 1130. The zero-order valence-electron chi connectivity index (χ0n) is 14.1. The van der Waals surface area contributed by atoms with Crippen molar-refractivity contribution >= 4 is 27.9 Å². The second-order valence-corrected chi connectivity index (χ2v) is 6.59. The number of nitriles is 1. The molecule has 4 aromatic rings. The van der Waals surface area contributed by atoms with Crippen LogP contribution in [-0.4, -0.2) is 37.6 Å². The fourth-order valence-corrected chi connectivity index (χ4v) is 3.84. The van der Waals surface area contributed by atoms with Gasteiger partial charge in [-0.2, -0.15) is 5.26 Å². The van der Waals surface area contributed by atoms with Gasteiger partial charge in [-0.1, -0.05) is 6.07 Å². The van der Waals surface area contributed by atoms with E-state index in [-0.39, 0.29) is 0 Å². The summed E-state index contributed by atoms with van der Waals surface area (Å²) in [5, 5.41) is 10.2. The first kappa shape index (κ1) is 14.9. The minimum atomic E-state index is 0.399. The highest BCUT2D eigenvalue weighted by Gasteiger charge is 2.23. The highest BCUT2D eigenvalue weighted by atomic mass is 15.2. The Balaban J connectivity index is 1.43. The third-order valence-electron chi connectivity index (χ3n) is 5.15. The number of aromatic nitrogens is 5. The van der Waals surface area contributed by atoms with Crippen LogP contribution in [0.4, 0.5) is 5.82 Å². The molecule has 0 amide bonds. The standard InChI is InChI=1S/C19H17N7/c20-10-13-2-1-3-17(24-13)25-8-5-14(6-9-25)26-12-23-16-11-22-19-15(18(16)26)4-7-21-19/h1-4,7,11-12,14H,5-6,8-9H2,(H,21,22). The molecule has 0 unspecified atom stereocenters. The fourth-order valence-electron chi connectivity index (χ4n) is 3.84. The zero-order chi connectivity index (χ0) is 17.5. The number of imidazole rings is 1. The lowest BCUT2D eigenvalue weighted by Crippen LogP contribution is -2.35. The van der Waals surface area contributed by atoms with Crippen LogP contribution in [0.15, 0.2) is 43.0 Å². The first-order valence-corrected chi connectivity index (χ1v) is 8.74. The number of aromatic amines is 1. The number of nitrogens with one attached hydrogen (secondary N) is 1. The molecule has 4 aromatic heterocycles. The maximum absolute atomic E-state index is 9.05. The molecule has 0 saturated carbocycles. The van der Waals surface area contributed by atoms with E-state index >= 15 is 0 Å². The summed E-state index contributed by atoms with van der Waals surface area (Å²) in [5.41, 5.74) is 3.45. The molecule has 0 aromatic carbocycles. The molecule has 1 N–H and O–H groups in total. The van der Waals surface area contributed by atoms with Crippen molar-refractivity contribution in [3.63, 3.8) is 0 Å². The second-order valence-electron chi connectivity index (χ2n) is 6.59. The second kappa shape index (κ2) is 5.85. The minimum absolute atomic E-state index is 0.399. The van der Waals surface area contributed by atoms with E-state index in [2.05, 4.69) is 41.5 Å². The fraction of sp³-hybridized carbons (Fsp3) is 0.263. The molecule has 7 nitrogen and oxygen atoms in total. The SMILES string of the molecule is N#Cc1cccc(N2CCC(n3cnc4cnc5[nH]ccc5c43)CC2)n1. The highest BCUT2D eigenvalue weighted by Crippen LogP contribution is 2.31. The number of hydrogen-bond donors (Lipinski definition) is 1. The number of H-pyrrole nitrogens is 1. The highest BCUT2D eigenvalue weighted by molar-refractivity contribution is 6.00. The normalized spacial score (nSPS) is 15.6. The van der Waals surface area contributed by atoms with Gasteiger partial charge in [0.05, 0.1) is 18.0 Å². The van der Waals surface area contributed by atoms with Gasteiger partial charge < -0.3 is 14.5 Å². The Labute approximate surface area is 149 Å². The van der Waals surface area contributed by atoms with Crippen LogP contribution in [0.2, 0.25) is 0 Å². The Morgan fingerprint density at radius 3 is 2.88 bits per heavy atom. The molecule has 1 fully saturated rings. The number of rotatable bonds is 2. The average Bonchev–Trinajstić information content (AvgIpc) is 3.34. The molecule has 7 heteroatoms. The predicted octanol–water partition coefficient (Wildman–Crippen LogP) is 3.02. The van der Waals surface area contributed by atoms with Crippen LogP contribution in [0.25, 0.3) is 22.1 Å². The molecule has 0 radical (unpaired) electrons. The summed E-state index contributed by atoms with van der Waals surface area (Å²) in [5.74, 6) is 0.884. The Hall–Kier alpha value is -3.40. The quantitative estimate of drug-likeness (QED) is 0.604. The lowest BCUT2D eigenvalue weighted by Gasteiger charge is -2.33. The van der Waals surface area contributed by atoms with Gasteiger partial charge in [0.15, 0.2) is 0 Å². The molecule has 0 aliphatic carbocycles. The summed E-state index contributed by atoms with van der Waals surface area (Å²) in [6.45, 7) is 1.82. The minimum Gasteiger partial charge on any atom is -0.356 e. The largest absolute Gasteiger partial charge is 0.356 e. The van der Waals surface area contributed by atoms with Crippen molar-refractivity contribution in [2.75, 3.05) is 18.0 Å². The first-order chi connectivity index (χ1) is 12.8.